The Bertz CT molecular complexity index is 1200. The SMILES string of the molecule is O=C(Nc1c2ccccc2nc2ccccc12)c1ccnn1C1C=CC=CC1. The van der Waals surface area contributed by atoms with Crippen LogP contribution in [0.5, 0.6) is 0 Å². The number of nitrogens with one attached hydrogen (secondary N) is 1. The zero-order valence-corrected chi connectivity index (χ0v) is 15.1. The van der Waals surface area contributed by atoms with Gasteiger partial charge in [0.15, 0.2) is 0 Å². The first-order chi connectivity index (χ1) is 13.8. The number of nitrogens with zero attached hydrogens (tertiary/aromatic N) is 3. The molecular weight excluding hydrogens is 348 g/mol. The molecule has 5 rings (SSSR count). The number of carbonyl (C=O) groups is 1. The highest BCUT2D eigenvalue weighted by Crippen LogP contribution is 2.31. The average molecular weight is 366 g/mol. The molecule has 4 aromatic rings. The van der Waals surface area contributed by atoms with Crippen LogP contribution in [-0.2, 0) is 0 Å². The lowest BCUT2D eigenvalue weighted by atomic mass is 10.1. The van der Waals surface area contributed by atoms with E-state index in [1.165, 1.54) is 0 Å². The maximum absolute atomic E-state index is 13.2. The maximum Gasteiger partial charge on any atom is 0.273 e. The van der Waals surface area contributed by atoms with Gasteiger partial charge in [0.2, 0.25) is 0 Å². The molecule has 5 heteroatoms. The maximum atomic E-state index is 13.2. The van der Waals surface area contributed by atoms with Crippen molar-refractivity contribution in [3.63, 3.8) is 0 Å². The fourth-order valence-corrected chi connectivity index (χ4v) is 3.66. The fraction of sp³-hybridized carbons (Fsp3) is 0.0870. The summed E-state index contributed by atoms with van der Waals surface area (Å²) in [5, 5.41) is 9.35. The van der Waals surface area contributed by atoms with Gasteiger partial charge in [-0.25, -0.2) is 4.98 Å². The van der Waals surface area contributed by atoms with E-state index in [0.29, 0.717) is 5.69 Å². The van der Waals surface area contributed by atoms with Crippen LogP contribution in [0.15, 0.2) is 85.1 Å². The summed E-state index contributed by atoms with van der Waals surface area (Å²) in [6.45, 7) is 0. The number of hydrogen-bond donors (Lipinski definition) is 1. The zero-order valence-electron chi connectivity index (χ0n) is 15.1. The molecule has 2 heterocycles. The molecule has 0 bridgehead atoms. The lowest BCUT2D eigenvalue weighted by molar-refractivity contribution is 0.101. The van der Waals surface area contributed by atoms with Crippen LogP contribution in [0.4, 0.5) is 5.69 Å². The van der Waals surface area contributed by atoms with E-state index in [1.807, 2.05) is 60.7 Å². The summed E-state index contributed by atoms with van der Waals surface area (Å²) in [6, 6.07) is 17.5. The van der Waals surface area contributed by atoms with Crippen molar-refractivity contribution in [2.45, 2.75) is 12.5 Å². The summed E-state index contributed by atoms with van der Waals surface area (Å²) < 4.78 is 1.78. The third-order valence-corrected chi connectivity index (χ3v) is 5.00. The topological polar surface area (TPSA) is 59.8 Å². The van der Waals surface area contributed by atoms with Crippen LogP contribution in [0.1, 0.15) is 23.0 Å². The van der Waals surface area contributed by atoms with Gasteiger partial charge in [0.05, 0.1) is 22.8 Å². The van der Waals surface area contributed by atoms with E-state index in [9.17, 15) is 4.79 Å². The van der Waals surface area contributed by atoms with E-state index in [-0.39, 0.29) is 11.9 Å². The summed E-state index contributed by atoms with van der Waals surface area (Å²) in [6.07, 6.45) is 10.6. The molecule has 1 N–H and O–H groups in total. The molecule has 0 fully saturated rings. The minimum atomic E-state index is -0.179. The quantitative estimate of drug-likeness (QED) is 0.525. The second-order valence-corrected chi connectivity index (χ2v) is 6.75. The number of para-hydroxylation sites is 2. The van der Waals surface area contributed by atoms with Crippen LogP contribution in [-0.4, -0.2) is 20.7 Å². The molecule has 2 aromatic carbocycles. The van der Waals surface area contributed by atoms with Crippen molar-refractivity contribution < 1.29 is 4.79 Å². The summed E-state index contributed by atoms with van der Waals surface area (Å²) in [5.74, 6) is -0.179. The van der Waals surface area contributed by atoms with Crippen molar-refractivity contribution in [3.05, 3.63) is 90.8 Å². The number of hydrogen-bond acceptors (Lipinski definition) is 3. The number of aromatic nitrogens is 3. The van der Waals surface area contributed by atoms with E-state index in [4.69, 9.17) is 4.98 Å². The summed E-state index contributed by atoms with van der Waals surface area (Å²) >= 11 is 0. The molecule has 0 saturated heterocycles. The average Bonchev–Trinajstić information content (AvgIpc) is 3.24. The molecule has 0 spiro atoms. The van der Waals surface area contributed by atoms with Crippen molar-refractivity contribution in [2.24, 2.45) is 0 Å². The Labute approximate surface area is 162 Å². The van der Waals surface area contributed by atoms with Crippen molar-refractivity contribution >= 4 is 33.4 Å². The molecule has 28 heavy (non-hydrogen) atoms. The Morgan fingerprint density at radius 3 is 2.36 bits per heavy atom. The number of benzene rings is 2. The van der Waals surface area contributed by atoms with Gasteiger partial charge in [-0.3, -0.25) is 9.48 Å². The van der Waals surface area contributed by atoms with E-state index in [2.05, 4.69) is 22.6 Å². The minimum absolute atomic E-state index is 0.0479. The zero-order chi connectivity index (χ0) is 18.9. The highest BCUT2D eigenvalue weighted by Gasteiger charge is 2.19. The van der Waals surface area contributed by atoms with Crippen LogP contribution in [0.3, 0.4) is 0 Å². The van der Waals surface area contributed by atoms with Gasteiger partial charge in [-0.1, -0.05) is 60.7 Å². The van der Waals surface area contributed by atoms with E-state index in [0.717, 1.165) is 33.9 Å². The van der Waals surface area contributed by atoms with Crippen molar-refractivity contribution in [3.8, 4) is 0 Å². The number of allylic oxidation sites excluding steroid dienone is 4. The number of anilines is 1. The number of rotatable bonds is 3. The highest BCUT2D eigenvalue weighted by molar-refractivity contribution is 6.15. The molecule has 0 radical (unpaired) electrons. The van der Waals surface area contributed by atoms with Gasteiger partial charge in [-0.05, 0) is 24.6 Å². The van der Waals surface area contributed by atoms with E-state index >= 15 is 0 Å². The van der Waals surface area contributed by atoms with Crippen LogP contribution >= 0.6 is 0 Å². The molecule has 1 amide bonds. The van der Waals surface area contributed by atoms with Crippen LogP contribution in [0.2, 0.25) is 0 Å². The molecule has 1 aliphatic rings. The van der Waals surface area contributed by atoms with Crippen LogP contribution < -0.4 is 5.32 Å². The first-order valence-corrected chi connectivity index (χ1v) is 9.27. The van der Waals surface area contributed by atoms with E-state index in [1.54, 1.807) is 16.9 Å². The van der Waals surface area contributed by atoms with Gasteiger partial charge >= 0.3 is 0 Å². The summed E-state index contributed by atoms with van der Waals surface area (Å²) in [7, 11) is 0. The van der Waals surface area contributed by atoms with Crippen molar-refractivity contribution in [1.82, 2.24) is 14.8 Å². The smallest absolute Gasteiger partial charge is 0.273 e. The molecule has 0 saturated carbocycles. The molecule has 1 unspecified atom stereocenters. The first kappa shape index (κ1) is 16.4. The third kappa shape index (κ3) is 2.77. The van der Waals surface area contributed by atoms with Gasteiger partial charge in [0, 0.05) is 17.0 Å². The standard InChI is InChI=1S/C23H18N4O/c28-23(21-14-15-24-27(21)16-8-2-1-3-9-16)26-22-17-10-4-6-12-19(17)25-20-13-7-5-11-18(20)22/h1-8,10-16H,9H2,(H,25,26,28). The first-order valence-electron chi connectivity index (χ1n) is 9.27. The predicted molar refractivity (Wildman–Crippen MR) is 111 cm³/mol. The second-order valence-electron chi connectivity index (χ2n) is 6.75. The molecule has 0 aliphatic heterocycles. The molecule has 2 aromatic heterocycles. The van der Waals surface area contributed by atoms with Gasteiger partial charge < -0.3 is 5.32 Å². The van der Waals surface area contributed by atoms with Gasteiger partial charge in [-0.15, -0.1) is 0 Å². The van der Waals surface area contributed by atoms with Crippen molar-refractivity contribution in [2.75, 3.05) is 5.32 Å². The number of fused-ring (bicyclic) bond motifs is 2. The number of pyridine rings is 1. The second kappa shape index (κ2) is 6.78. The summed E-state index contributed by atoms with van der Waals surface area (Å²) in [5.41, 5.74) is 3.02. The lowest BCUT2D eigenvalue weighted by Gasteiger charge is -2.17. The van der Waals surface area contributed by atoms with Gasteiger partial charge in [0.25, 0.3) is 5.91 Å². The minimum Gasteiger partial charge on any atom is -0.319 e. The third-order valence-electron chi connectivity index (χ3n) is 5.00. The van der Waals surface area contributed by atoms with Gasteiger partial charge in [0.1, 0.15) is 5.69 Å². The normalized spacial score (nSPS) is 15.9. The Morgan fingerprint density at radius 1 is 0.964 bits per heavy atom. The van der Waals surface area contributed by atoms with E-state index < -0.39 is 0 Å². The highest BCUT2D eigenvalue weighted by atomic mass is 16.2. The Morgan fingerprint density at radius 2 is 1.68 bits per heavy atom. The molecular formula is C23H18N4O. The van der Waals surface area contributed by atoms with Gasteiger partial charge in [-0.2, -0.15) is 5.10 Å². The van der Waals surface area contributed by atoms with Crippen LogP contribution in [0, 0.1) is 0 Å². The monoisotopic (exact) mass is 366 g/mol. The molecule has 1 aliphatic carbocycles. The predicted octanol–water partition coefficient (Wildman–Crippen LogP) is 4.89. The Kier molecular flexibility index (Phi) is 3.98. The Hall–Kier alpha value is -3.73. The lowest BCUT2D eigenvalue weighted by Crippen LogP contribution is -2.21. The van der Waals surface area contributed by atoms with Crippen LogP contribution in [0.25, 0.3) is 21.8 Å². The fourth-order valence-electron chi connectivity index (χ4n) is 3.66. The number of amides is 1. The molecule has 5 nitrogen and oxygen atoms in total. The molecule has 136 valence electrons. The molecule has 1 atom stereocenters. The van der Waals surface area contributed by atoms with Crippen molar-refractivity contribution in [1.29, 1.82) is 0 Å². The number of carbonyl (C=O) groups excluding carboxylic acids is 1. The summed E-state index contributed by atoms with van der Waals surface area (Å²) in [4.78, 5) is 17.9. The largest absolute Gasteiger partial charge is 0.319 e. The Balaban J connectivity index is 1.59.